The summed E-state index contributed by atoms with van der Waals surface area (Å²) in [4.78, 5) is 12.3. The SMILES string of the molecule is CCc1nn(C)c(C(=O)N[C@@H](C)c2ccccc2)c1N. The van der Waals surface area contributed by atoms with Crippen molar-refractivity contribution in [2.45, 2.75) is 26.3 Å². The molecular formula is C15H20N4O. The molecule has 1 aromatic carbocycles. The number of amides is 1. The topological polar surface area (TPSA) is 72.9 Å². The lowest BCUT2D eigenvalue weighted by molar-refractivity contribution is 0.0931. The number of benzene rings is 1. The zero-order valence-corrected chi connectivity index (χ0v) is 12.1. The lowest BCUT2D eigenvalue weighted by atomic mass is 10.1. The Balaban J connectivity index is 2.19. The van der Waals surface area contributed by atoms with Gasteiger partial charge in [-0.25, -0.2) is 0 Å². The van der Waals surface area contributed by atoms with Crippen molar-refractivity contribution in [3.05, 3.63) is 47.3 Å². The van der Waals surface area contributed by atoms with Gasteiger partial charge in [-0.15, -0.1) is 0 Å². The molecule has 0 aliphatic carbocycles. The summed E-state index contributed by atoms with van der Waals surface area (Å²) in [6, 6.07) is 9.73. The fourth-order valence-electron chi connectivity index (χ4n) is 2.22. The fraction of sp³-hybridized carbons (Fsp3) is 0.333. The van der Waals surface area contributed by atoms with Crippen LogP contribution in [0.2, 0.25) is 0 Å². The van der Waals surface area contributed by atoms with E-state index in [0.29, 0.717) is 17.8 Å². The minimum atomic E-state index is -0.200. The maximum Gasteiger partial charge on any atom is 0.272 e. The van der Waals surface area contributed by atoms with E-state index in [2.05, 4.69) is 10.4 Å². The van der Waals surface area contributed by atoms with Crippen LogP contribution in [0.15, 0.2) is 30.3 Å². The Kier molecular flexibility index (Phi) is 4.08. The van der Waals surface area contributed by atoms with Gasteiger partial charge in [-0.3, -0.25) is 9.48 Å². The lowest BCUT2D eigenvalue weighted by Crippen LogP contribution is -2.29. The van der Waals surface area contributed by atoms with Crippen molar-refractivity contribution >= 4 is 11.6 Å². The summed E-state index contributed by atoms with van der Waals surface area (Å²) in [5.41, 5.74) is 8.68. The normalized spacial score (nSPS) is 12.2. The van der Waals surface area contributed by atoms with E-state index in [1.54, 1.807) is 11.7 Å². The smallest absolute Gasteiger partial charge is 0.272 e. The van der Waals surface area contributed by atoms with Gasteiger partial charge in [0.1, 0.15) is 5.69 Å². The molecular weight excluding hydrogens is 252 g/mol. The molecule has 5 nitrogen and oxygen atoms in total. The van der Waals surface area contributed by atoms with E-state index in [-0.39, 0.29) is 11.9 Å². The number of nitrogens with zero attached hydrogens (tertiary/aromatic N) is 2. The number of nitrogen functional groups attached to an aromatic ring is 1. The molecule has 106 valence electrons. The van der Waals surface area contributed by atoms with Crippen molar-refractivity contribution in [3.63, 3.8) is 0 Å². The fourth-order valence-corrected chi connectivity index (χ4v) is 2.22. The quantitative estimate of drug-likeness (QED) is 0.894. The van der Waals surface area contributed by atoms with E-state index in [0.717, 1.165) is 11.3 Å². The number of rotatable bonds is 4. The van der Waals surface area contributed by atoms with E-state index in [4.69, 9.17) is 5.73 Å². The molecule has 1 heterocycles. The van der Waals surface area contributed by atoms with Gasteiger partial charge in [-0.2, -0.15) is 5.10 Å². The third-order valence-corrected chi connectivity index (χ3v) is 3.36. The van der Waals surface area contributed by atoms with Gasteiger partial charge in [0.05, 0.1) is 17.4 Å². The molecule has 1 atom stereocenters. The largest absolute Gasteiger partial charge is 0.395 e. The van der Waals surface area contributed by atoms with Crippen molar-refractivity contribution in [3.8, 4) is 0 Å². The molecule has 3 N–H and O–H groups in total. The second-order valence-electron chi connectivity index (χ2n) is 4.79. The molecule has 0 unspecified atom stereocenters. The standard InChI is InChI=1S/C15H20N4O/c1-4-12-13(16)14(19(3)18-12)15(20)17-10(2)11-8-6-5-7-9-11/h5-10H,4,16H2,1-3H3,(H,17,20)/t10-/m0/s1. The molecule has 0 aliphatic rings. The first-order chi connectivity index (χ1) is 9.54. The van der Waals surface area contributed by atoms with E-state index in [9.17, 15) is 4.79 Å². The van der Waals surface area contributed by atoms with Gasteiger partial charge < -0.3 is 11.1 Å². The highest BCUT2D eigenvalue weighted by Gasteiger charge is 2.20. The van der Waals surface area contributed by atoms with Crippen LogP contribution in [-0.2, 0) is 13.5 Å². The third-order valence-electron chi connectivity index (χ3n) is 3.36. The van der Waals surface area contributed by atoms with Crippen molar-refractivity contribution in [2.24, 2.45) is 7.05 Å². The molecule has 0 saturated heterocycles. The van der Waals surface area contributed by atoms with Crippen LogP contribution in [0.25, 0.3) is 0 Å². The summed E-state index contributed by atoms with van der Waals surface area (Å²) < 4.78 is 1.54. The summed E-state index contributed by atoms with van der Waals surface area (Å²) in [5, 5.41) is 7.21. The summed E-state index contributed by atoms with van der Waals surface area (Å²) in [7, 11) is 1.73. The monoisotopic (exact) mass is 272 g/mol. The van der Waals surface area contributed by atoms with Gasteiger partial charge in [0, 0.05) is 7.05 Å². The zero-order chi connectivity index (χ0) is 14.7. The van der Waals surface area contributed by atoms with Crippen molar-refractivity contribution in [1.29, 1.82) is 0 Å². The summed E-state index contributed by atoms with van der Waals surface area (Å²) in [6.45, 7) is 3.91. The van der Waals surface area contributed by atoms with Gasteiger partial charge in [0.15, 0.2) is 0 Å². The molecule has 0 bridgehead atoms. The molecule has 0 spiro atoms. The highest BCUT2D eigenvalue weighted by atomic mass is 16.2. The van der Waals surface area contributed by atoms with Crippen LogP contribution in [0.4, 0.5) is 5.69 Å². The van der Waals surface area contributed by atoms with Gasteiger partial charge >= 0.3 is 0 Å². The second-order valence-corrected chi connectivity index (χ2v) is 4.79. The predicted molar refractivity (Wildman–Crippen MR) is 79.3 cm³/mol. The Morgan fingerprint density at radius 3 is 2.60 bits per heavy atom. The Bertz CT molecular complexity index is 604. The van der Waals surface area contributed by atoms with Crippen molar-refractivity contribution < 1.29 is 4.79 Å². The van der Waals surface area contributed by atoms with Gasteiger partial charge in [0.25, 0.3) is 5.91 Å². The number of carbonyl (C=O) groups excluding carboxylic acids is 1. The Labute approximate surface area is 118 Å². The summed E-state index contributed by atoms with van der Waals surface area (Å²) in [5.74, 6) is -0.200. The lowest BCUT2D eigenvalue weighted by Gasteiger charge is -2.14. The van der Waals surface area contributed by atoms with Crippen LogP contribution < -0.4 is 11.1 Å². The molecule has 2 aromatic rings. The summed E-state index contributed by atoms with van der Waals surface area (Å²) >= 11 is 0. The van der Waals surface area contributed by atoms with Crippen LogP contribution in [0.1, 0.15) is 41.6 Å². The first kappa shape index (κ1) is 14.1. The molecule has 0 radical (unpaired) electrons. The van der Waals surface area contributed by atoms with Crippen molar-refractivity contribution in [1.82, 2.24) is 15.1 Å². The second kappa shape index (κ2) is 5.77. The third kappa shape index (κ3) is 2.66. The average Bonchev–Trinajstić information content (AvgIpc) is 2.74. The van der Waals surface area contributed by atoms with Crippen LogP contribution in [0, 0.1) is 0 Å². The number of nitrogens with two attached hydrogens (primary N) is 1. The van der Waals surface area contributed by atoms with E-state index in [1.165, 1.54) is 0 Å². The average molecular weight is 272 g/mol. The maximum atomic E-state index is 12.3. The molecule has 20 heavy (non-hydrogen) atoms. The van der Waals surface area contributed by atoms with E-state index >= 15 is 0 Å². The van der Waals surface area contributed by atoms with Gasteiger partial charge in [0.2, 0.25) is 0 Å². The van der Waals surface area contributed by atoms with Crippen LogP contribution in [0.3, 0.4) is 0 Å². The maximum absolute atomic E-state index is 12.3. The minimum absolute atomic E-state index is 0.0805. The van der Waals surface area contributed by atoms with Crippen LogP contribution >= 0.6 is 0 Å². The van der Waals surface area contributed by atoms with Crippen LogP contribution in [-0.4, -0.2) is 15.7 Å². The van der Waals surface area contributed by atoms with E-state index in [1.807, 2.05) is 44.2 Å². The predicted octanol–water partition coefficient (Wildman–Crippen LogP) is 2.06. The molecule has 5 heteroatoms. The Morgan fingerprint density at radius 1 is 1.40 bits per heavy atom. The van der Waals surface area contributed by atoms with Crippen LogP contribution in [0.5, 0.6) is 0 Å². The highest BCUT2D eigenvalue weighted by molar-refractivity contribution is 5.98. The van der Waals surface area contributed by atoms with Crippen molar-refractivity contribution in [2.75, 3.05) is 5.73 Å². The van der Waals surface area contributed by atoms with Gasteiger partial charge in [-0.1, -0.05) is 37.3 Å². The number of hydrogen-bond donors (Lipinski definition) is 2. The Morgan fingerprint density at radius 2 is 2.05 bits per heavy atom. The van der Waals surface area contributed by atoms with E-state index < -0.39 is 0 Å². The number of carbonyl (C=O) groups is 1. The molecule has 1 amide bonds. The minimum Gasteiger partial charge on any atom is -0.395 e. The first-order valence-electron chi connectivity index (χ1n) is 6.71. The number of anilines is 1. The number of nitrogens with one attached hydrogen (secondary N) is 1. The number of aryl methyl sites for hydroxylation is 2. The zero-order valence-electron chi connectivity index (χ0n) is 12.1. The molecule has 1 aromatic heterocycles. The summed E-state index contributed by atoms with van der Waals surface area (Å²) in [6.07, 6.45) is 0.710. The molecule has 0 fully saturated rings. The first-order valence-corrected chi connectivity index (χ1v) is 6.71. The number of hydrogen-bond acceptors (Lipinski definition) is 3. The molecule has 0 saturated carbocycles. The number of aromatic nitrogens is 2. The highest BCUT2D eigenvalue weighted by Crippen LogP contribution is 2.18. The molecule has 2 rings (SSSR count). The van der Waals surface area contributed by atoms with Gasteiger partial charge in [-0.05, 0) is 18.9 Å². The molecule has 0 aliphatic heterocycles. The Hall–Kier alpha value is -2.30.